The van der Waals surface area contributed by atoms with Crippen LogP contribution in [0.25, 0.3) is 0 Å². The first-order valence-corrected chi connectivity index (χ1v) is 6.79. The topological polar surface area (TPSA) is 61.9 Å². The molecule has 1 heterocycles. The number of rotatable bonds is 3. The molecule has 0 bridgehead atoms. The van der Waals surface area contributed by atoms with Crippen molar-refractivity contribution >= 4 is 12.0 Å². The van der Waals surface area contributed by atoms with E-state index in [-0.39, 0.29) is 12.0 Å². The molecule has 2 amide bonds. The van der Waals surface area contributed by atoms with E-state index in [1.165, 1.54) is 0 Å². The third kappa shape index (κ3) is 5.92. The van der Waals surface area contributed by atoms with Gasteiger partial charge in [-0.05, 0) is 27.7 Å². The van der Waals surface area contributed by atoms with Crippen molar-refractivity contribution in [3.05, 3.63) is 0 Å². The van der Waals surface area contributed by atoms with Gasteiger partial charge in [0.15, 0.2) is 0 Å². The van der Waals surface area contributed by atoms with Crippen LogP contribution in [-0.4, -0.2) is 66.7 Å². The molecule has 1 fully saturated rings. The number of hydrogen-bond donors (Lipinski definition) is 1. The van der Waals surface area contributed by atoms with Crippen molar-refractivity contribution in [3.63, 3.8) is 0 Å². The van der Waals surface area contributed by atoms with Gasteiger partial charge in [0.1, 0.15) is 5.60 Å². The molecule has 110 valence electrons. The summed E-state index contributed by atoms with van der Waals surface area (Å²) in [4.78, 5) is 27.0. The molecule has 0 aromatic carbocycles. The molecular formula is C13H25N3O3. The summed E-state index contributed by atoms with van der Waals surface area (Å²) in [7, 11) is 0. The van der Waals surface area contributed by atoms with Crippen LogP contribution in [0, 0.1) is 0 Å². The zero-order valence-electron chi connectivity index (χ0n) is 12.4. The monoisotopic (exact) mass is 271 g/mol. The molecule has 1 aliphatic rings. The highest BCUT2D eigenvalue weighted by atomic mass is 16.6. The van der Waals surface area contributed by atoms with E-state index in [1.54, 1.807) is 4.90 Å². The minimum Gasteiger partial charge on any atom is -0.444 e. The summed E-state index contributed by atoms with van der Waals surface area (Å²) >= 11 is 0. The zero-order chi connectivity index (χ0) is 14.5. The van der Waals surface area contributed by atoms with E-state index >= 15 is 0 Å². The molecule has 0 radical (unpaired) electrons. The third-order valence-corrected chi connectivity index (χ3v) is 2.77. The number of amides is 2. The molecule has 1 rings (SSSR count). The standard InChI is InChI=1S/C13H25N3O3/c1-5-14-11(17)10-15-6-8-16(9-7-15)12(18)19-13(2,3)4/h5-10H2,1-4H3,(H,14,17). The van der Waals surface area contributed by atoms with Crippen LogP contribution < -0.4 is 5.32 Å². The molecule has 0 unspecified atom stereocenters. The number of ether oxygens (including phenoxy) is 1. The fourth-order valence-electron chi connectivity index (χ4n) is 1.87. The smallest absolute Gasteiger partial charge is 0.410 e. The molecule has 1 aliphatic heterocycles. The molecule has 0 aliphatic carbocycles. The fourth-order valence-corrected chi connectivity index (χ4v) is 1.87. The predicted molar refractivity (Wildman–Crippen MR) is 72.9 cm³/mol. The maximum absolute atomic E-state index is 11.9. The quantitative estimate of drug-likeness (QED) is 0.820. The molecule has 0 atom stereocenters. The molecule has 19 heavy (non-hydrogen) atoms. The molecule has 6 nitrogen and oxygen atoms in total. The van der Waals surface area contributed by atoms with Gasteiger partial charge in [0.2, 0.25) is 5.91 Å². The average Bonchev–Trinajstić information content (AvgIpc) is 2.27. The Morgan fingerprint density at radius 1 is 1.16 bits per heavy atom. The van der Waals surface area contributed by atoms with Crippen LogP contribution >= 0.6 is 0 Å². The average molecular weight is 271 g/mol. The van der Waals surface area contributed by atoms with Gasteiger partial charge in [-0.15, -0.1) is 0 Å². The van der Waals surface area contributed by atoms with Crippen LogP contribution in [0.1, 0.15) is 27.7 Å². The normalized spacial score (nSPS) is 17.2. The van der Waals surface area contributed by atoms with Gasteiger partial charge in [0, 0.05) is 32.7 Å². The minimum absolute atomic E-state index is 0.0354. The molecule has 6 heteroatoms. The molecule has 1 saturated heterocycles. The van der Waals surface area contributed by atoms with Crippen molar-refractivity contribution < 1.29 is 14.3 Å². The van der Waals surface area contributed by atoms with Crippen LogP contribution in [0.2, 0.25) is 0 Å². The van der Waals surface area contributed by atoms with E-state index in [0.717, 1.165) is 0 Å². The first kappa shape index (κ1) is 15.8. The van der Waals surface area contributed by atoms with Gasteiger partial charge in [-0.1, -0.05) is 0 Å². The molecular weight excluding hydrogens is 246 g/mol. The number of nitrogens with one attached hydrogen (secondary N) is 1. The van der Waals surface area contributed by atoms with E-state index in [2.05, 4.69) is 5.32 Å². The van der Waals surface area contributed by atoms with E-state index < -0.39 is 5.60 Å². The lowest BCUT2D eigenvalue weighted by Crippen LogP contribution is -2.52. The summed E-state index contributed by atoms with van der Waals surface area (Å²) in [6, 6.07) is 0. The van der Waals surface area contributed by atoms with Crippen LogP contribution in [0.3, 0.4) is 0 Å². The minimum atomic E-state index is -0.463. The van der Waals surface area contributed by atoms with Crippen molar-refractivity contribution in [2.24, 2.45) is 0 Å². The van der Waals surface area contributed by atoms with E-state index in [4.69, 9.17) is 4.74 Å². The van der Waals surface area contributed by atoms with Crippen LogP contribution in [0.4, 0.5) is 4.79 Å². The maximum atomic E-state index is 11.9. The number of likely N-dealkylation sites (N-methyl/N-ethyl adjacent to an activating group) is 1. The second-order valence-corrected chi connectivity index (χ2v) is 5.70. The van der Waals surface area contributed by atoms with Gasteiger partial charge < -0.3 is 15.0 Å². The number of piperazine rings is 1. The Morgan fingerprint density at radius 2 is 1.74 bits per heavy atom. The third-order valence-electron chi connectivity index (χ3n) is 2.77. The van der Waals surface area contributed by atoms with Crippen LogP contribution in [0.5, 0.6) is 0 Å². The van der Waals surface area contributed by atoms with Gasteiger partial charge in [-0.25, -0.2) is 4.79 Å². The molecule has 0 aromatic rings. The predicted octanol–water partition coefficient (Wildman–Crippen LogP) is 0.675. The lowest BCUT2D eigenvalue weighted by atomic mass is 10.2. The largest absolute Gasteiger partial charge is 0.444 e. The second kappa shape index (κ2) is 6.75. The van der Waals surface area contributed by atoms with Gasteiger partial charge in [0.25, 0.3) is 0 Å². The fraction of sp³-hybridized carbons (Fsp3) is 0.846. The Morgan fingerprint density at radius 3 is 2.21 bits per heavy atom. The highest BCUT2D eigenvalue weighted by molar-refractivity contribution is 5.78. The lowest BCUT2D eigenvalue weighted by Gasteiger charge is -2.35. The van der Waals surface area contributed by atoms with Crippen molar-refractivity contribution in [3.8, 4) is 0 Å². The summed E-state index contributed by atoms with van der Waals surface area (Å²) in [6.07, 6.45) is -0.273. The molecule has 0 aromatic heterocycles. The first-order valence-electron chi connectivity index (χ1n) is 6.79. The highest BCUT2D eigenvalue weighted by Gasteiger charge is 2.26. The van der Waals surface area contributed by atoms with Crippen molar-refractivity contribution in [1.29, 1.82) is 0 Å². The highest BCUT2D eigenvalue weighted by Crippen LogP contribution is 2.11. The van der Waals surface area contributed by atoms with E-state index in [0.29, 0.717) is 39.3 Å². The lowest BCUT2D eigenvalue weighted by molar-refractivity contribution is -0.122. The number of carbonyl (C=O) groups is 2. The molecule has 0 spiro atoms. The summed E-state index contributed by atoms with van der Waals surface area (Å²) in [5, 5.41) is 2.77. The van der Waals surface area contributed by atoms with Crippen molar-refractivity contribution in [2.75, 3.05) is 39.3 Å². The Balaban J connectivity index is 2.32. The van der Waals surface area contributed by atoms with Gasteiger partial charge in [-0.2, -0.15) is 0 Å². The van der Waals surface area contributed by atoms with E-state index in [1.807, 2.05) is 32.6 Å². The van der Waals surface area contributed by atoms with E-state index in [9.17, 15) is 9.59 Å². The molecule has 0 saturated carbocycles. The second-order valence-electron chi connectivity index (χ2n) is 5.70. The van der Waals surface area contributed by atoms with Crippen molar-refractivity contribution in [2.45, 2.75) is 33.3 Å². The summed E-state index contributed by atoms with van der Waals surface area (Å²) in [5.74, 6) is 0.0354. The van der Waals surface area contributed by atoms with Crippen LogP contribution in [0.15, 0.2) is 0 Å². The van der Waals surface area contributed by atoms with Gasteiger partial charge in [0.05, 0.1) is 6.54 Å². The Bertz CT molecular complexity index is 318. The molecule has 1 N–H and O–H groups in total. The SMILES string of the molecule is CCNC(=O)CN1CCN(C(=O)OC(C)(C)C)CC1. The van der Waals surface area contributed by atoms with Crippen molar-refractivity contribution in [1.82, 2.24) is 15.1 Å². The Labute approximate surface area is 115 Å². The number of carbonyl (C=O) groups excluding carboxylic acids is 2. The number of hydrogen-bond acceptors (Lipinski definition) is 4. The maximum Gasteiger partial charge on any atom is 0.410 e. The van der Waals surface area contributed by atoms with Gasteiger partial charge >= 0.3 is 6.09 Å². The summed E-state index contributed by atoms with van der Waals surface area (Å²) in [6.45, 7) is 11.1. The summed E-state index contributed by atoms with van der Waals surface area (Å²) < 4.78 is 5.32. The summed E-state index contributed by atoms with van der Waals surface area (Å²) in [5.41, 5.74) is -0.463. The van der Waals surface area contributed by atoms with Gasteiger partial charge in [-0.3, -0.25) is 9.69 Å². The Kier molecular flexibility index (Phi) is 5.60. The Hall–Kier alpha value is -1.30. The first-order chi connectivity index (χ1) is 8.81. The number of nitrogens with zero attached hydrogens (tertiary/aromatic N) is 2. The van der Waals surface area contributed by atoms with Crippen LogP contribution in [-0.2, 0) is 9.53 Å². The zero-order valence-corrected chi connectivity index (χ0v) is 12.4.